The van der Waals surface area contributed by atoms with Crippen LogP contribution in [0.5, 0.6) is 5.75 Å². The van der Waals surface area contributed by atoms with Gasteiger partial charge < -0.3 is 15.0 Å². The van der Waals surface area contributed by atoms with Crippen molar-refractivity contribution in [3.8, 4) is 5.75 Å². The van der Waals surface area contributed by atoms with Crippen molar-refractivity contribution in [3.63, 3.8) is 0 Å². The zero-order valence-electron chi connectivity index (χ0n) is 15.5. The Bertz CT molecular complexity index is 674. The van der Waals surface area contributed by atoms with Crippen LogP contribution in [0.1, 0.15) is 50.0 Å². The number of nitrogens with one attached hydrogen (secondary N) is 1. The third-order valence-electron chi connectivity index (χ3n) is 5.80. The smallest absolute Gasteiger partial charge is 0.243 e. The molecule has 1 saturated carbocycles. The fraction of sp³-hybridized carbons (Fsp3) is 0.524. The number of carbonyl (C=O) groups excluding carboxylic acids is 2. The summed E-state index contributed by atoms with van der Waals surface area (Å²) in [4.78, 5) is 26.4. The van der Waals surface area contributed by atoms with E-state index in [-0.39, 0.29) is 17.4 Å². The Morgan fingerprint density at radius 2 is 2.00 bits per heavy atom. The molecule has 0 radical (unpaired) electrons. The van der Waals surface area contributed by atoms with Gasteiger partial charge in [0.05, 0.1) is 7.11 Å². The lowest BCUT2D eigenvalue weighted by Crippen LogP contribution is -2.56. The number of hydrogen-bond acceptors (Lipinski definition) is 3. The van der Waals surface area contributed by atoms with Crippen LogP contribution in [0, 0.1) is 0 Å². The largest absolute Gasteiger partial charge is 0.496 e. The fourth-order valence-corrected chi connectivity index (χ4v) is 4.11. The number of methoxy groups -OCH3 is 1. The van der Waals surface area contributed by atoms with E-state index in [1.165, 1.54) is 11.6 Å². The van der Waals surface area contributed by atoms with E-state index in [0.29, 0.717) is 12.3 Å². The van der Waals surface area contributed by atoms with Gasteiger partial charge in [-0.05, 0) is 55.7 Å². The predicted molar refractivity (Wildman–Crippen MR) is 101 cm³/mol. The van der Waals surface area contributed by atoms with Gasteiger partial charge in [-0.1, -0.05) is 24.8 Å². The summed E-state index contributed by atoms with van der Waals surface area (Å²) in [5.74, 6) is 1.31. The second-order valence-corrected chi connectivity index (χ2v) is 7.40. The number of para-hydroxylation sites is 1. The highest BCUT2D eigenvalue weighted by molar-refractivity contribution is 5.88. The monoisotopic (exact) mass is 356 g/mol. The minimum Gasteiger partial charge on any atom is -0.496 e. The van der Waals surface area contributed by atoms with Crippen molar-refractivity contribution in [2.24, 2.45) is 0 Å². The summed E-state index contributed by atoms with van der Waals surface area (Å²) in [5.41, 5.74) is 0.873. The van der Waals surface area contributed by atoms with Crippen molar-refractivity contribution < 1.29 is 14.3 Å². The number of hydrogen-bond donors (Lipinski definition) is 1. The molecule has 0 aromatic heterocycles. The summed E-state index contributed by atoms with van der Waals surface area (Å²) in [5, 5.41) is 2.98. The molecule has 0 bridgehead atoms. The highest BCUT2D eigenvalue weighted by Gasteiger charge is 2.41. The molecule has 5 heteroatoms. The molecule has 1 saturated heterocycles. The van der Waals surface area contributed by atoms with Gasteiger partial charge in [-0.15, -0.1) is 0 Å². The normalized spacial score (nSPS) is 19.3. The molecular weight excluding hydrogens is 328 g/mol. The molecule has 1 aliphatic heterocycles. The molecular formula is C21H28N2O3. The first kappa shape index (κ1) is 18.5. The first-order valence-electron chi connectivity index (χ1n) is 9.42. The third-order valence-corrected chi connectivity index (χ3v) is 5.80. The number of ether oxygens (including phenoxy) is 1. The molecule has 1 N–H and O–H groups in total. The van der Waals surface area contributed by atoms with Crippen molar-refractivity contribution in [3.05, 3.63) is 42.5 Å². The summed E-state index contributed by atoms with van der Waals surface area (Å²) < 4.78 is 5.48. The van der Waals surface area contributed by atoms with E-state index in [2.05, 4.69) is 18.0 Å². The molecule has 2 amide bonds. The average molecular weight is 356 g/mol. The summed E-state index contributed by atoms with van der Waals surface area (Å²) in [6, 6.07) is 8.14. The third kappa shape index (κ3) is 3.92. The molecule has 0 atom stereocenters. The van der Waals surface area contributed by atoms with E-state index >= 15 is 0 Å². The number of nitrogens with zero attached hydrogens (tertiary/aromatic N) is 1. The molecule has 1 aromatic rings. The van der Waals surface area contributed by atoms with Gasteiger partial charge in [0.2, 0.25) is 11.8 Å². The molecule has 0 spiro atoms. The molecule has 1 aliphatic carbocycles. The van der Waals surface area contributed by atoms with Gasteiger partial charge in [0.1, 0.15) is 5.75 Å². The SMILES string of the molecule is C=CC(=O)NC1(CC(=O)N2CCC(c3ccccc3OC)CC2)CCC1. The van der Waals surface area contributed by atoms with Crippen molar-refractivity contribution in [1.82, 2.24) is 10.2 Å². The van der Waals surface area contributed by atoms with Crippen LogP contribution >= 0.6 is 0 Å². The van der Waals surface area contributed by atoms with E-state index in [4.69, 9.17) is 4.74 Å². The lowest BCUT2D eigenvalue weighted by molar-refractivity contribution is -0.135. The van der Waals surface area contributed by atoms with Gasteiger partial charge in [-0.3, -0.25) is 9.59 Å². The van der Waals surface area contributed by atoms with Gasteiger partial charge in [-0.25, -0.2) is 0 Å². The summed E-state index contributed by atoms with van der Waals surface area (Å²) in [6.07, 6.45) is 6.36. The van der Waals surface area contributed by atoms with Crippen molar-refractivity contribution >= 4 is 11.8 Å². The number of carbonyl (C=O) groups is 2. The number of likely N-dealkylation sites (tertiary alicyclic amines) is 1. The average Bonchev–Trinajstić information content (AvgIpc) is 2.66. The maximum Gasteiger partial charge on any atom is 0.243 e. The van der Waals surface area contributed by atoms with E-state index in [1.807, 2.05) is 23.1 Å². The van der Waals surface area contributed by atoms with E-state index in [1.54, 1.807) is 7.11 Å². The Balaban J connectivity index is 1.57. The molecule has 1 heterocycles. The maximum absolute atomic E-state index is 12.8. The standard InChI is InChI=1S/C21H28N2O3/c1-3-19(24)22-21(11-6-12-21)15-20(25)23-13-9-16(10-14-23)17-7-4-5-8-18(17)26-2/h3-5,7-8,16H,1,6,9-15H2,2H3,(H,22,24). The van der Waals surface area contributed by atoms with Crippen LogP contribution in [0.15, 0.2) is 36.9 Å². The summed E-state index contributed by atoms with van der Waals surface area (Å²) in [6.45, 7) is 5.02. The number of rotatable bonds is 6. The number of benzene rings is 1. The van der Waals surface area contributed by atoms with Crippen LogP contribution in [0.2, 0.25) is 0 Å². The van der Waals surface area contributed by atoms with Crippen molar-refractivity contribution in [2.45, 2.75) is 50.0 Å². The van der Waals surface area contributed by atoms with Gasteiger partial charge in [0.15, 0.2) is 0 Å². The quantitative estimate of drug-likeness (QED) is 0.797. The Kier molecular flexibility index (Phi) is 5.64. The van der Waals surface area contributed by atoms with E-state index < -0.39 is 0 Å². The van der Waals surface area contributed by atoms with Gasteiger partial charge in [0.25, 0.3) is 0 Å². The van der Waals surface area contributed by atoms with Crippen molar-refractivity contribution in [1.29, 1.82) is 0 Å². The molecule has 2 aliphatic rings. The first-order chi connectivity index (χ1) is 12.6. The van der Waals surface area contributed by atoms with Crippen LogP contribution in [0.25, 0.3) is 0 Å². The minimum atomic E-state index is -0.359. The minimum absolute atomic E-state index is 0.146. The van der Waals surface area contributed by atoms with E-state index in [9.17, 15) is 9.59 Å². The highest BCUT2D eigenvalue weighted by atomic mass is 16.5. The van der Waals surface area contributed by atoms with Crippen LogP contribution in [-0.4, -0.2) is 42.5 Å². The molecule has 0 unspecified atom stereocenters. The molecule has 5 nitrogen and oxygen atoms in total. The Morgan fingerprint density at radius 3 is 2.58 bits per heavy atom. The van der Waals surface area contributed by atoms with Crippen LogP contribution in [-0.2, 0) is 9.59 Å². The second-order valence-electron chi connectivity index (χ2n) is 7.40. The summed E-state index contributed by atoms with van der Waals surface area (Å²) in [7, 11) is 1.70. The zero-order chi connectivity index (χ0) is 18.6. The lowest BCUT2D eigenvalue weighted by Gasteiger charge is -2.43. The zero-order valence-corrected chi connectivity index (χ0v) is 15.5. The second kappa shape index (κ2) is 7.94. The molecule has 1 aromatic carbocycles. The Morgan fingerprint density at radius 1 is 1.31 bits per heavy atom. The first-order valence-corrected chi connectivity index (χ1v) is 9.42. The summed E-state index contributed by atoms with van der Waals surface area (Å²) >= 11 is 0. The number of piperidine rings is 1. The van der Waals surface area contributed by atoms with Crippen LogP contribution < -0.4 is 10.1 Å². The van der Waals surface area contributed by atoms with E-state index in [0.717, 1.165) is 50.9 Å². The Hall–Kier alpha value is -2.30. The van der Waals surface area contributed by atoms with Gasteiger partial charge >= 0.3 is 0 Å². The van der Waals surface area contributed by atoms with Gasteiger partial charge in [0, 0.05) is 25.0 Å². The molecule has 26 heavy (non-hydrogen) atoms. The molecule has 140 valence electrons. The molecule has 3 rings (SSSR count). The fourth-order valence-electron chi connectivity index (χ4n) is 4.11. The van der Waals surface area contributed by atoms with Crippen LogP contribution in [0.3, 0.4) is 0 Å². The van der Waals surface area contributed by atoms with Crippen LogP contribution in [0.4, 0.5) is 0 Å². The maximum atomic E-state index is 12.8. The predicted octanol–water partition coefficient (Wildman–Crippen LogP) is 3.02. The van der Waals surface area contributed by atoms with Gasteiger partial charge in [-0.2, -0.15) is 0 Å². The van der Waals surface area contributed by atoms with Crippen molar-refractivity contribution in [2.75, 3.05) is 20.2 Å². The number of amides is 2. The highest BCUT2D eigenvalue weighted by Crippen LogP contribution is 2.37. The Labute approximate surface area is 155 Å². The topological polar surface area (TPSA) is 58.6 Å². The lowest BCUT2D eigenvalue weighted by atomic mass is 9.73. The molecule has 2 fully saturated rings.